The van der Waals surface area contributed by atoms with Crippen molar-refractivity contribution in [3.05, 3.63) is 70.7 Å². The van der Waals surface area contributed by atoms with Gasteiger partial charge < -0.3 is 4.90 Å². The summed E-state index contributed by atoms with van der Waals surface area (Å²) in [6.07, 6.45) is 4.29. The second-order valence-electron chi connectivity index (χ2n) is 5.84. The summed E-state index contributed by atoms with van der Waals surface area (Å²) in [5.74, 6) is 0.122. The van der Waals surface area contributed by atoms with Gasteiger partial charge in [0.1, 0.15) is 0 Å². The van der Waals surface area contributed by atoms with Gasteiger partial charge in [-0.3, -0.25) is 4.79 Å². The lowest BCUT2D eigenvalue weighted by Crippen LogP contribution is -2.44. The average Bonchev–Trinajstić information content (AvgIpc) is 2.56. The van der Waals surface area contributed by atoms with Crippen LogP contribution in [0.15, 0.2) is 54.6 Å². The highest BCUT2D eigenvalue weighted by Gasteiger charge is 2.27. The summed E-state index contributed by atoms with van der Waals surface area (Å²) < 4.78 is 0. The summed E-state index contributed by atoms with van der Waals surface area (Å²) in [5, 5.41) is 0.663. The maximum absolute atomic E-state index is 12.8. The highest BCUT2D eigenvalue weighted by molar-refractivity contribution is 6.30. The molecule has 1 amide bonds. The van der Waals surface area contributed by atoms with Crippen molar-refractivity contribution in [2.75, 3.05) is 6.54 Å². The van der Waals surface area contributed by atoms with E-state index in [-0.39, 0.29) is 5.91 Å². The van der Waals surface area contributed by atoms with Gasteiger partial charge in [-0.2, -0.15) is 0 Å². The smallest absolute Gasteiger partial charge is 0.254 e. The zero-order valence-electron chi connectivity index (χ0n) is 12.5. The Balaban J connectivity index is 1.77. The van der Waals surface area contributed by atoms with Crippen molar-refractivity contribution in [3.8, 4) is 0 Å². The van der Waals surface area contributed by atoms with Crippen molar-refractivity contribution >= 4 is 17.5 Å². The molecule has 1 heterocycles. The second kappa shape index (κ2) is 6.97. The summed E-state index contributed by atoms with van der Waals surface area (Å²) in [6, 6.07) is 17.9. The van der Waals surface area contributed by atoms with Crippen LogP contribution in [0.25, 0.3) is 0 Å². The Kier molecular flexibility index (Phi) is 4.79. The van der Waals surface area contributed by atoms with Gasteiger partial charge >= 0.3 is 0 Å². The molecule has 1 aliphatic heterocycles. The zero-order valence-corrected chi connectivity index (χ0v) is 13.3. The fourth-order valence-electron chi connectivity index (χ4n) is 3.12. The molecule has 3 heteroatoms. The average molecular weight is 314 g/mol. The summed E-state index contributed by atoms with van der Waals surface area (Å²) in [6.45, 7) is 0.846. The van der Waals surface area contributed by atoms with E-state index in [2.05, 4.69) is 24.3 Å². The largest absolute Gasteiger partial charge is 0.335 e. The molecule has 1 saturated heterocycles. The first kappa shape index (κ1) is 15.1. The molecule has 2 nitrogen and oxygen atoms in total. The van der Waals surface area contributed by atoms with Crippen LogP contribution in [0.1, 0.15) is 35.2 Å². The number of likely N-dealkylation sites (tertiary alicyclic amines) is 1. The number of halogens is 1. The van der Waals surface area contributed by atoms with Crippen molar-refractivity contribution < 1.29 is 4.79 Å². The van der Waals surface area contributed by atoms with Crippen LogP contribution in [0.4, 0.5) is 0 Å². The third-order valence-corrected chi connectivity index (χ3v) is 4.55. The van der Waals surface area contributed by atoms with Crippen LogP contribution in [0.3, 0.4) is 0 Å². The third-order valence-electron chi connectivity index (χ3n) is 4.29. The quantitative estimate of drug-likeness (QED) is 0.812. The minimum atomic E-state index is 0.122. The molecule has 0 spiro atoms. The van der Waals surface area contributed by atoms with E-state index in [9.17, 15) is 4.79 Å². The number of carbonyl (C=O) groups is 1. The van der Waals surface area contributed by atoms with Crippen LogP contribution in [-0.4, -0.2) is 23.4 Å². The molecule has 0 aliphatic carbocycles. The second-order valence-corrected chi connectivity index (χ2v) is 6.28. The van der Waals surface area contributed by atoms with Gasteiger partial charge in [-0.25, -0.2) is 0 Å². The van der Waals surface area contributed by atoms with E-state index in [1.807, 2.05) is 23.1 Å². The first-order chi connectivity index (χ1) is 10.7. The van der Waals surface area contributed by atoms with Crippen molar-refractivity contribution in [1.29, 1.82) is 0 Å². The number of benzene rings is 2. The van der Waals surface area contributed by atoms with Crippen molar-refractivity contribution in [2.45, 2.75) is 31.7 Å². The van der Waals surface area contributed by atoms with Crippen molar-refractivity contribution in [2.24, 2.45) is 0 Å². The molecule has 2 aromatic rings. The molecular weight excluding hydrogens is 294 g/mol. The van der Waals surface area contributed by atoms with E-state index in [4.69, 9.17) is 11.6 Å². The number of piperidine rings is 1. The third kappa shape index (κ3) is 3.50. The van der Waals surface area contributed by atoms with E-state index in [0.29, 0.717) is 11.1 Å². The predicted molar refractivity (Wildman–Crippen MR) is 90.3 cm³/mol. The summed E-state index contributed by atoms with van der Waals surface area (Å²) in [7, 11) is 0. The minimum absolute atomic E-state index is 0.122. The maximum atomic E-state index is 12.8. The monoisotopic (exact) mass is 313 g/mol. The van der Waals surface area contributed by atoms with Gasteiger partial charge in [0.2, 0.25) is 0 Å². The van der Waals surface area contributed by atoms with Crippen LogP contribution in [-0.2, 0) is 6.42 Å². The molecule has 22 heavy (non-hydrogen) atoms. The summed E-state index contributed by atoms with van der Waals surface area (Å²) >= 11 is 5.91. The van der Waals surface area contributed by atoms with Crippen LogP contribution in [0.5, 0.6) is 0 Å². The van der Waals surface area contributed by atoms with Crippen molar-refractivity contribution in [1.82, 2.24) is 4.90 Å². The number of rotatable bonds is 3. The van der Waals surface area contributed by atoms with Gasteiger partial charge in [0.15, 0.2) is 0 Å². The standard InChI is InChI=1S/C19H20ClNO/c20-17-11-9-16(10-12-17)19(22)21-13-5-4-8-18(21)14-15-6-2-1-3-7-15/h1-3,6-7,9-12,18H,4-5,8,13-14H2/t18-/m1/s1. The van der Waals surface area contributed by atoms with E-state index in [1.54, 1.807) is 12.1 Å². The van der Waals surface area contributed by atoms with E-state index >= 15 is 0 Å². The first-order valence-electron chi connectivity index (χ1n) is 7.84. The number of amides is 1. The van der Waals surface area contributed by atoms with Gasteiger partial charge in [-0.1, -0.05) is 41.9 Å². The Morgan fingerprint density at radius 2 is 1.77 bits per heavy atom. The number of hydrogen-bond donors (Lipinski definition) is 0. The molecule has 1 fully saturated rings. The highest BCUT2D eigenvalue weighted by atomic mass is 35.5. The fourth-order valence-corrected chi connectivity index (χ4v) is 3.25. The summed E-state index contributed by atoms with van der Waals surface area (Å²) in [4.78, 5) is 14.8. The SMILES string of the molecule is O=C(c1ccc(Cl)cc1)N1CCCC[C@@H]1Cc1ccccc1. The molecule has 0 aromatic heterocycles. The van der Waals surface area contributed by atoms with Gasteiger partial charge in [0.05, 0.1) is 0 Å². The Bertz CT molecular complexity index is 624. The van der Waals surface area contributed by atoms with Crippen LogP contribution in [0, 0.1) is 0 Å². The van der Waals surface area contributed by atoms with Gasteiger partial charge in [0, 0.05) is 23.2 Å². The molecular formula is C19H20ClNO. The Hall–Kier alpha value is -1.80. The van der Waals surface area contributed by atoms with E-state index in [1.165, 1.54) is 12.0 Å². The van der Waals surface area contributed by atoms with Gasteiger partial charge in [0.25, 0.3) is 5.91 Å². The van der Waals surface area contributed by atoms with Crippen LogP contribution in [0.2, 0.25) is 5.02 Å². The van der Waals surface area contributed by atoms with Crippen LogP contribution < -0.4 is 0 Å². The van der Waals surface area contributed by atoms with Crippen molar-refractivity contribution in [3.63, 3.8) is 0 Å². The van der Waals surface area contributed by atoms with Crippen LogP contribution >= 0.6 is 11.6 Å². The molecule has 0 radical (unpaired) electrons. The molecule has 3 rings (SSSR count). The summed E-state index contributed by atoms with van der Waals surface area (Å²) in [5.41, 5.74) is 2.02. The molecule has 0 N–H and O–H groups in total. The maximum Gasteiger partial charge on any atom is 0.254 e. The Morgan fingerprint density at radius 3 is 2.50 bits per heavy atom. The number of carbonyl (C=O) groups excluding carboxylic acids is 1. The minimum Gasteiger partial charge on any atom is -0.335 e. The predicted octanol–water partition coefficient (Wildman–Crippen LogP) is 4.58. The molecule has 114 valence electrons. The molecule has 0 unspecified atom stereocenters. The lowest BCUT2D eigenvalue weighted by molar-refractivity contribution is 0.0613. The fraction of sp³-hybridized carbons (Fsp3) is 0.316. The lowest BCUT2D eigenvalue weighted by atomic mass is 9.95. The molecule has 0 saturated carbocycles. The number of nitrogens with zero attached hydrogens (tertiary/aromatic N) is 1. The molecule has 1 atom stereocenters. The normalized spacial score (nSPS) is 18.2. The van der Waals surface area contributed by atoms with E-state index < -0.39 is 0 Å². The first-order valence-corrected chi connectivity index (χ1v) is 8.22. The van der Waals surface area contributed by atoms with E-state index in [0.717, 1.165) is 31.4 Å². The zero-order chi connectivity index (χ0) is 15.4. The topological polar surface area (TPSA) is 20.3 Å². The van der Waals surface area contributed by atoms with Gasteiger partial charge in [-0.05, 0) is 55.5 Å². The lowest BCUT2D eigenvalue weighted by Gasteiger charge is -2.36. The number of hydrogen-bond acceptors (Lipinski definition) is 1. The highest BCUT2D eigenvalue weighted by Crippen LogP contribution is 2.23. The molecule has 1 aliphatic rings. The molecule has 2 aromatic carbocycles. The Labute approximate surface area is 136 Å². The Morgan fingerprint density at radius 1 is 1.05 bits per heavy atom. The molecule has 0 bridgehead atoms. The van der Waals surface area contributed by atoms with Gasteiger partial charge in [-0.15, -0.1) is 0 Å².